The van der Waals surface area contributed by atoms with Gasteiger partial charge >= 0.3 is 11.9 Å². The molecule has 2 rings (SSSR count). The van der Waals surface area contributed by atoms with Crippen molar-refractivity contribution < 1.29 is 78.0 Å². The van der Waals surface area contributed by atoms with Crippen LogP contribution < -0.4 is 65.1 Å². The zero-order valence-corrected chi connectivity index (χ0v) is 48.4. The molecule has 1 fully saturated rings. The van der Waals surface area contributed by atoms with Crippen LogP contribution in [-0.2, 0) is 64.0 Å². The first kappa shape index (κ1) is 71.5. The van der Waals surface area contributed by atoms with Gasteiger partial charge in [-0.05, 0) is 61.8 Å². The lowest BCUT2D eigenvalue weighted by Gasteiger charge is -2.31. The number of aliphatic hydroxyl groups is 2. The molecule has 30 nitrogen and oxygen atoms in total. The van der Waals surface area contributed by atoms with Gasteiger partial charge in [0.2, 0.25) is 59.1 Å². The summed E-state index contributed by atoms with van der Waals surface area (Å²) in [6, 6.07) is -5.29. The van der Waals surface area contributed by atoms with Gasteiger partial charge < -0.3 is 90.4 Å². The average molecular weight is 1190 g/mol. The molecule has 10 amide bonds. The number of aliphatic hydroxyl groups excluding tert-OH is 2. The molecule has 1 aliphatic heterocycles. The van der Waals surface area contributed by atoms with E-state index in [0.29, 0.717) is 12.8 Å². The summed E-state index contributed by atoms with van der Waals surface area (Å²) < 4.78 is 0. The highest BCUT2D eigenvalue weighted by Crippen LogP contribution is 2.21. The molecule has 19 N–H and O–H groups in total. The Labute approximate surface area is 486 Å². The van der Waals surface area contributed by atoms with Crippen LogP contribution in [0.25, 0.3) is 0 Å². The number of rotatable bonds is 36. The van der Waals surface area contributed by atoms with E-state index in [2.05, 4.69) is 65.5 Å². The van der Waals surface area contributed by atoms with E-state index in [1.807, 2.05) is 0 Å². The third-order valence-electron chi connectivity index (χ3n) is 13.3. The van der Waals surface area contributed by atoms with E-state index >= 15 is 0 Å². The Balaban J connectivity index is 2.20. The van der Waals surface area contributed by atoms with Crippen molar-refractivity contribution in [3.05, 3.63) is 35.9 Å². The molecule has 0 saturated carbocycles. The Kier molecular flexibility index (Phi) is 31.0. The third-order valence-corrected chi connectivity index (χ3v) is 13.7. The predicted molar refractivity (Wildman–Crippen MR) is 303 cm³/mol. The van der Waals surface area contributed by atoms with Gasteiger partial charge in [-0.1, -0.05) is 78.3 Å². The molecule has 1 aromatic rings. The summed E-state index contributed by atoms with van der Waals surface area (Å²) in [5, 5.41) is 60.9. The summed E-state index contributed by atoms with van der Waals surface area (Å²) in [5.74, 6) is -14.1. The van der Waals surface area contributed by atoms with Crippen molar-refractivity contribution in [1.82, 2.24) is 52.8 Å². The minimum absolute atomic E-state index is 0.00271. The Hall–Kier alpha value is -7.64. The van der Waals surface area contributed by atoms with Gasteiger partial charge in [0.1, 0.15) is 54.4 Å². The molecule has 1 saturated heterocycles. The van der Waals surface area contributed by atoms with Crippen LogP contribution in [0.4, 0.5) is 0 Å². The largest absolute Gasteiger partial charge is 0.481 e. The van der Waals surface area contributed by atoms with Gasteiger partial charge in [-0.2, -0.15) is 12.6 Å². The molecule has 0 spiro atoms. The second-order valence-electron chi connectivity index (χ2n) is 20.8. The second kappa shape index (κ2) is 36.1. The fraction of sp³-hybridized carbons (Fsp3) is 0.635. The van der Waals surface area contributed by atoms with Crippen molar-refractivity contribution >= 4 is 89.6 Å². The standard InChI is InChI=1S/C52H84N14O16S/c1-7-28(6)41(65-46(76)35(24-68)62-42(72)30(53)20-29-13-9-8-10-14-29)49(79)64-40(27(4)5)48(78)57-22-38(69)58-34(23-67)45(75)61-33(19-26(2)3)50(80)66-18-12-16-37(66)47(77)59-31(15-11-17-56-52(54)55)43(73)60-32(21-39(70)71)44(74)63-36(25-83)51(81)82/h8-10,13-14,26-28,30-37,40-41,67-68,83H,7,11-12,15-25,53H2,1-6H3,(H,57,78)(H,58,69)(H,59,77)(H,60,73)(H,61,75)(H,62,72)(H,63,74)(H,64,79)(H,65,76)(H,70,71)(H,81,82)(H4,54,55,56)/t28-,30-,31-,32-,33-,34-,35-,36-,37-,40-,41-/m0/s1. The Morgan fingerprint density at radius 1 is 0.687 bits per heavy atom. The molecular formula is C52H84N14O16S. The van der Waals surface area contributed by atoms with Crippen molar-refractivity contribution in [3.63, 3.8) is 0 Å². The smallest absolute Gasteiger partial charge is 0.327 e. The lowest BCUT2D eigenvalue weighted by Crippen LogP contribution is -2.61. The van der Waals surface area contributed by atoms with Crippen LogP contribution in [0.15, 0.2) is 35.3 Å². The summed E-state index contributed by atoms with van der Waals surface area (Å²) in [6.07, 6.45) is -0.188. The first-order chi connectivity index (χ1) is 39.1. The number of hydrogen-bond donors (Lipinski definition) is 17. The Bertz CT molecular complexity index is 2430. The van der Waals surface area contributed by atoms with E-state index in [4.69, 9.17) is 17.2 Å². The van der Waals surface area contributed by atoms with Crippen molar-refractivity contribution in [2.24, 2.45) is 39.9 Å². The molecule has 0 unspecified atom stereocenters. The van der Waals surface area contributed by atoms with E-state index in [-0.39, 0.29) is 62.8 Å². The minimum atomic E-state index is -1.81. The topological polar surface area (TPSA) is 488 Å². The number of aliphatic carboxylic acids is 2. The first-order valence-electron chi connectivity index (χ1n) is 27.2. The molecular weight excluding hydrogens is 1110 g/mol. The van der Waals surface area contributed by atoms with Crippen LogP contribution >= 0.6 is 12.6 Å². The number of carbonyl (C=O) groups excluding carboxylic acids is 10. The van der Waals surface area contributed by atoms with Crippen molar-refractivity contribution in [2.75, 3.05) is 38.6 Å². The lowest BCUT2D eigenvalue weighted by atomic mass is 9.96. The SMILES string of the molecule is CC[C@H](C)[C@H](NC(=O)[C@H](CO)NC(=O)[C@@H](N)Cc1ccccc1)C(=O)N[C@H](C(=O)NCC(=O)N[C@@H](CO)C(=O)N[C@@H](CC(C)C)C(=O)N1CCC[C@H]1C(=O)N[C@@H](CCCN=C(N)N)C(=O)N[C@@H](CC(=O)O)C(=O)N[C@@H](CS)C(=O)O)C(C)C. The Morgan fingerprint density at radius 3 is 1.80 bits per heavy atom. The summed E-state index contributed by atoms with van der Waals surface area (Å²) >= 11 is 3.88. The van der Waals surface area contributed by atoms with Gasteiger partial charge in [0.15, 0.2) is 5.96 Å². The highest BCUT2D eigenvalue weighted by atomic mass is 32.1. The van der Waals surface area contributed by atoms with Crippen LogP contribution in [-0.4, -0.2) is 201 Å². The van der Waals surface area contributed by atoms with Gasteiger partial charge in [-0.3, -0.25) is 57.7 Å². The summed E-state index contributed by atoms with van der Waals surface area (Å²) in [6.45, 7) is 7.51. The highest BCUT2D eigenvalue weighted by Gasteiger charge is 2.41. The van der Waals surface area contributed by atoms with E-state index in [1.54, 1.807) is 71.9 Å². The number of guanidine groups is 1. The molecule has 0 bridgehead atoms. The van der Waals surface area contributed by atoms with Gasteiger partial charge in [0, 0.05) is 18.8 Å². The normalized spacial score (nSPS) is 16.6. The van der Waals surface area contributed by atoms with E-state index in [1.165, 1.54) is 4.90 Å². The number of carboxylic acid groups (broad SMARTS) is 2. The minimum Gasteiger partial charge on any atom is -0.481 e. The van der Waals surface area contributed by atoms with E-state index < -0.39 is 169 Å². The van der Waals surface area contributed by atoms with Gasteiger partial charge in [0.25, 0.3) is 0 Å². The number of nitrogens with zero attached hydrogens (tertiary/aromatic N) is 2. The number of carbonyl (C=O) groups is 12. The maximum Gasteiger partial charge on any atom is 0.327 e. The summed E-state index contributed by atoms with van der Waals surface area (Å²) in [7, 11) is 0. The monoisotopic (exact) mass is 1190 g/mol. The summed E-state index contributed by atoms with van der Waals surface area (Å²) in [5.41, 5.74) is 17.7. The molecule has 31 heteroatoms. The van der Waals surface area contributed by atoms with Gasteiger partial charge in [-0.25, -0.2) is 4.79 Å². The van der Waals surface area contributed by atoms with Crippen LogP contribution in [0.5, 0.6) is 0 Å². The van der Waals surface area contributed by atoms with Crippen molar-refractivity contribution in [2.45, 2.75) is 153 Å². The third kappa shape index (κ3) is 24.4. The van der Waals surface area contributed by atoms with Crippen molar-refractivity contribution in [1.29, 1.82) is 0 Å². The molecule has 0 radical (unpaired) electrons. The molecule has 1 heterocycles. The zero-order valence-electron chi connectivity index (χ0n) is 47.6. The van der Waals surface area contributed by atoms with Crippen LogP contribution in [0, 0.1) is 17.8 Å². The predicted octanol–water partition coefficient (Wildman–Crippen LogP) is -5.18. The van der Waals surface area contributed by atoms with E-state index in [0.717, 1.165) is 5.56 Å². The molecule has 464 valence electrons. The first-order valence-corrected chi connectivity index (χ1v) is 27.8. The quantitative estimate of drug-likeness (QED) is 0.0129. The van der Waals surface area contributed by atoms with Gasteiger partial charge in [-0.15, -0.1) is 0 Å². The second-order valence-corrected chi connectivity index (χ2v) is 21.2. The number of nitrogens with two attached hydrogens (primary N) is 3. The molecule has 1 aromatic carbocycles. The lowest BCUT2D eigenvalue weighted by molar-refractivity contribution is -0.144. The number of amides is 10. The number of thiol groups is 1. The van der Waals surface area contributed by atoms with Crippen LogP contribution in [0.2, 0.25) is 0 Å². The Morgan fingerprint density at radius 2 is 1.24 bits per heavy atom. The number of carboxylic acids is 2. The molecule has 83 heavy (non-hydrogen) atoms. The van der Waals surface area contributed by atoms with Crippen LogP contribution in [0.1, 0.15) is 92.1 Å². The summed E-state index contributed by atoms with van der Waals surface area (Å²) in [4.78, 5) is 164. The number of likely N-dealkylation sites (tertiary alicyclic amines) is 1. The molecule has 0 aromatic heterocycles. The fourth-order valence-electron chi connectivity index (χ4n) is 8.51. The van der Waals surface area contributed by atoms with Crippen molar-refractivity contribution in [3.8, 4) is 0 Å². The number of nitrogens with one attached hydrogen (secondary N) is 9. The zero-order chi connectivity index (χ0) is 62.7. The van der Waals surface area contributed by atoms with Crippen LogP contribution in [0.3, 0.4) is 0 Å². The number of benzene rings is 1. The fourth-order valence-corrected chi connectivity index (χ4v) is 8.75. The molecule has 1 aliphatic rings. The highest BCUT2D eigenvalue weighted by molar-refractivity contribution is 7.80. The number of hydrogen-bond acceptors (Lipinski definition) is 17. The van der Waals surface area contributed by atoms with E-state index in [9.17, 15) is 78.0 Å². The van der Waals surface area contributed by atoms with Gasteiger partial charge in [0.05, 0.1) is 32.2 Å². The average Bonchev–Trinajstić information content (AvgIpc) is 4.23. The molecule has 11 atom stereocenters. The number of aliphatic imine (C=N–C) groups is 1. The maximum absolute atomic E-state index is 14.3. The molecule has 0 aliphatic carbocycles. The maximum atomic E-state index is 14.3.